The molecule has 4 rings (SSSR count). The minimum Gasteiger partial charge on any atom is -0.497 e. The molecule has 1 fully saturated rings. The van der Waals surface area contributed by atoms with Crippen molar-refractivity contribution in [1.82, 2.24) is 14.4 Å². The van der Waals surface area contributed by atoms with Crippen molar-refractivity contribution < 1.29 is 22.5 Å². The molecular weight excluding hydrogens is 440 g/mol. The SMILES string of the molecule is COc1ccc(NC(=O)[C@H]2CCCN(S(=O)(=O)c3cc(-c4noc(C)n4)cs3)C2)cc1. The standard InChI is InChI=1S/C20H22N4O5S2/c1-13-21-19(23-29-13)15-10-18(30-12-15)31(26,27)24-9-3-4-14(11-24)20(25)22-16-5-7-17(28-2)8-6-16/h5-8,10,12,14H,3-4,9,11H2,1-2H3,(H,22,25)/t14-/m0/s1. The summed E-state index contributed by atoms with van der Waals surface area (Å²) in [5, 5.41) is 8.38. The zero-order valence-electron chi connectivity index (χ0n) is 17.1. The summed E-state index contributed by atoms with van der Waals surface area (Å²) in [6.07, 6.45) is 1.24. The van der Waals surface area contributed by atoms with Crippen LogP contribution in [0.1, 0.15) is 18.7 Å². The van der Waals surface area contributed by atoms with Crippen LogP contribution in [0.5, 0.6) is 5.75 Å². The average molecular weight is 463 g/mol. The first-order chi connectivity index (χ1) is 14.9. The lowest BCUT2D eigenvalue weighted by atomic mass is 9.99. The van der Waals surface area contributed by atoms with Crippen LogP contribution in [0.3, 0.4) is 0 Å². The lowest BCUT2D eigenvalue weighted by Crippen LogP contribution is -2.43. The number of amides is 1. The Morgan fingerprint density at radius 3 is 2.77 bits per heavy atom. The van der Waals surface area contributed by atoms with E-state index in [1.807, 2.05) is 0 Å². The molecule has 0 aliphatic carbocycles. The number of nitrogens with one attached hydrogen (secondary N) is 1. The van der Waals surface area contributed by atoms with Gasteiger partial charge in [0.1, 0.15) is 9.96 Å². The van der Waals surface area contributed by atoms with E-state index in [-0.39, 0.29) is 16.7 Å². The quantitative estimate of drug-likeness (QED) is 0.598. The molecule has 11 heteroatoms. The molecule has 0 radical (unpaired) electrons. The summed E-state index contributed by atoms with van der Waals surface area (Å²) in [6.45, 7) is 2.19. The number of nitrogens with zero attached hydrogens (tertiary/aromatic N) is 3. The molecule has 0 unspecified atom stereocenters. The zero-order valence-corrected chi connectivity index (χ0v) is 18.7. The number of hydrogen-bond acceptors (Lipinski definition) is 8. The van der Waals surface area contributed by atoms with E-state index in [9.17, 15) is 13.2 Å². The number of carbonyl (C=O) groups is 1. The molecule has 0 spiro atoms. The van der Waals surface area contributed by atoms with Gasteiger partial charge in [0.25, 0.3) is 10.0 Å². The summed E-state index contributed by atoms with van der Waals surface area (Å²) in [6, 6.07) is 8.56. The lowest BCUT2D eigenvalue weighted by Gasteiger charge is -2.30. The molecule has 31 heavy (non-hydrogen) atoms. The van der Waals surface area contributed by atoms with E-state index in [0.717, 1.165) is 11.3 Å². The fraction of sp³-hybridized carbons (Fsp3) is 0.350. The number of aromatic nitrogens is 2. The number of rotatable bonds is 6. The lowest BCUT2D eigenvalue weighted by molar-refractivity contribution is -0.120. The largest absolute Gasteiger partial charge is 0.497 e. The summed E-state index contributed by atoms with van der Waals surface area (Å²) in [5.74, 6) is 0.835. The number of anilines is 1. The van der Waals surface area contributed by atoms with Crippen molar-refractivity contribution in [3.05, 3.63) is 41.6 Å². The molecule has 0 saturated carbocycles. The van der Waals surface area contributed by atoms with Crippen LogP contribution in [0.4, 0.5) is 5.69 Å². The Morgan fingerprint density at radius 2 is 2.10 bits per heavy atom. The van der Waals surface area contributed by atoms with E-state index in [0.29, 0.717) is 48.1 Å². The number of aryl methyl sites for hydroxylation is 1. The fourth-order valence-electron chi connectivity index (χ4n) is 3.41. The molecule has 2 aromatic heterocycles. The van der Waals surface area contributed by atoms with Crippen LogP contribution in [-0.4, -0.2) is 49.0 Å². The van der Waals surface area contributed by atoms with Gasteiger partial charge in [0.2, 0.25) is 17.6 Å². The Bertz CT molecular complexity index is 1170. The minimum absolute atomic E-state index is 0.138. The van der Waals surface area contributed by atoms with Gasteiger partial charge in [-0.25, -0.2) is 8.42 Å². The second-order valence-electron chi connectivity index (χ2n) is 7.21. The molecule has 164 valence electrons. The number of piperidine rings is 1. The molecule has 1 saturated heterocycles. The van der Waals surface area contributed by atoms with Crippen LogP contribution in [0.15, 0.2) is 44.4 Å². The Morgan fingerprint density at radius 1 is 1.32 bits per heavy atom. The Labute approximate surface area is 184 Å². The highest BCUT2D eigenvalue weighted by molar-refractivity contribution is 7.91. The van der Waals surface area contributed by atoms with Crippen molar-refractivity contribution in [3.8, 4) is 17.1 Å². The highest BCUT2D eigenvalue weighted by atomic mass is 32.2. The van der Waals surface area contributed by atoms with Gasteiger partial charge in [-0.2, -0.15) is 9.29 Å². The Hall–Kier alpha value is -2.76. The summed E-state index contributed by atoms with van der Waals surface area (Å²) >= 11 is 1.11. The molecule has 1 amide bonds. The third-order valence-corrected chi connectivity index (χ3v) is 8.35. The molecule has 3 heterocycles. The van der Waals surface area contributed by atoms with Gasteiger partial charge in [-0.3, -0.25) is 4.79 Å². The number of ether oxygens (including phenoxy) is 1. The number of benzene rings is 1. The number of sulfonamides is 1. The van der Waals surface area contributed by atoms with Gasteiger partial charge in [0.15, 0.2) is 0 Å². The highest BCUT2D eigenvalue weighted by Gasteiger charge is 2.34. The number of methoxy groups -OCH3 is 1. The molecule has 3 aromatic rings. The van der Waals surface area contributed by atoms with Gasteiger partial charge in [-0.15, -0.1) is 11.3 Å². The molecular formula is C20H22N4O5S2. The molecule has 9 nitrogen and oxygen atoms in total. The smallest absolute Gasteiger partial charge is 0.252 e. The van der Waals surface area contributed by atoms with Crippen molar-refractivity contribution in [2.45, 2.75) is 24.0 Å². The van der Waals surface area contributed by atoms with Crippen molar-refractivity contribution >= 4 is 33.0 Å². The van der Waals surface area contributed by atoms with Gasteiger partial charge in [-0.05, 0) is 43.2 Å². The molecule has 1 aliphatic heterocycles. The van der Waals surface area contributed by atoms with E-state index in [1.54, 1.807) is 49.7 Å². The fourth-order valence-corrected chi connectivity index (χ4v) is 6.24. The van der Waals surface area contributed by atoms with Gasteiger partial charge < -0.3 is 14.6 Å². The minimum atomic E-state index is -3.72. The number of thiophene rings is 1. The first kappa shape index (κ1) is 21.5. The van der Waals surface area contributed by atoms with E-state index in [1.165, 1.54) is 4.31 Å². The first-order valence-corrected chi connectivity index (χ1v) is 12.0. The third-order valence-electron chi connectivity index (χ3n) is 5.07. The van der Waals surface area contributed by atoms with Crippen LogP contribution < -0.4 is 10.1 Å². The highest BCUT2D eigenvalue weighted by Crippen LogP contribution is 2.31. The van der Waals surface area contributed by atoms with E-state index in [4.69, 9.17) is 9.26 Å². The molecule has 1 aromatic carbocycles. The average Bonchev–Trinajstić information content (AvgIpc) is 3.44. The monoisotopic (exact) mass is 462 g/mol. The van der Waals surface area contributed by atoms with Crippen molar-refractivity contribution in [2.24, 2.45) is 5.92 Å². The van der Waals surface area contributed by atoms with Crippen LogP contribution in [-0.2, 0) is 14.8 Å². The summed E-state index contributed by atoms with van der Waals surface area (Å²) in [5.41, 5.74) is 1.23. The van der Waals surface area contributed by atoms with E-state index >= 15 is 0 Å². The summed E-state index contributed by atoms with van der Waals surface area (Å²) in [7, 11) is -2.15. The van der Waals surface area contributed by atoms with Crippen LogP contribution in [0, 0.1) is 12.8 Å². The molecule has 0 bridgehead atoms. The van der Waals surface area contributed by atoms with E-state index < -0.39 is 15.9 Å². The van der Waals surface area contributed by atoms with E-state index in [2.05, 4.69) is 15.5 Å². The van der Waals surface area contributed by atoms with Crippen LogP contribution in [0.25, 0.3) is 11.4 Å². The van der Waals surface area contributed by atoms with Gasteiger partial charge in [0, 0.05) is 36.6 Å². The number of carbonyl (C=O) groups excluding carboxylic acids is 1. The predicted molar refractivity (Wildman–Crippen MR) is 115 cm³/mol. The van der Waals surface area contributed by atoms with Crippen molar-refractivity contribution in [3.63, 3.8) is 0 Å². The van der Waals surface area contributed by atoms with Crippen LogP contribution >= 0.6 is 11.3 Å². The first-order valence-electron chi connectivity index (χ1n) is 9.71. The topological polar surface area (TPSA) is 115 Å². The predicted octanol–water partition coefficient (Wildman–Crippen LogP) is 3.15. The third kappa shape index (κ3) is 4.63. The molecule has 1 aliphatic rings. The maximum atomic E-state index is 13.2. The van der Waals surface area contributed by atoms with Gasteiger partial charge >= 0.3 is 0 Å². The zero-order chi connectivity index (χ0) is 22.0. The summed E-state index contributed by atoms with van der Waals surface area (Å²) < 4.78 is 38.0. The maximum Gasteiger partial charge on any atom is 0.252 e. The normalized spacial score (nSPS) is 17.4. The Kier molecular flexibility index (Phi) is 6.08. The summed E-state index contributed by atoms with van der Waals surface area (Å²) in [4.78, 5) is 16.9. The Balaban J connectivity index is 1.45. The van der Waals surface area contributed by atoms with Crippen molar-refractivity contribution in [1.29, 1.82) is 0 Å². The van der Waals surface area contributed by atoms with Crippen LogP contribution in [0.2, 0.25) is 0 Å². The molecule has 1 N–H and O–H groups in total. The van der Waals surface area contributed by atoms with Gasteiger partial charge in [0.05, 0.1) is 13.0 Å². The number of hydrogen-bond donors (Lipinski definition) is 1. The molecule has 1 atom stereocenters. The van der Waals surface area contributed by atoms with Gasteiger partial charge in [-0.1, -0.05) is 5.16 Å². The maximum absolute atomic E-state index is 13.2. The second kappa shape index (κ2) is 8.77. The van der Waals surface area contributed by atoms with Crippen molar-refractivity contribution in [2.75, 3.05) is 25.5 Å². The second-order valence-corrected chi connectivity index (χ2v) is 10.3.